The first kappa shape index (κ1) is 17.9. The molecule has 1 aromatic heterocycles. The first-order chi connectivity index (χ1) is 11.8. The summed E-state index contributed by atoms with van der Waals surface area (Å²) >= 11 is 1.34. The zero-order valence-electron chi connectivity index (χ0n) is 14.2. The van der Waals surface area contributed by atoms with E-state index in [1.54, 1.807) is 0 Å². The van der Waals surface area contributed by atoms with E-state index < -0.39 is 15.9 Å². The fraction of sp³-hybridized carbons (Fsp3) is 0.412. The molecule has 0 aliphatic carbocycles. The van der Waals surface area contributed by atoms with Gasteiger partial charge in [-0.2, -0.15) is 0 Å². The molecule has 1 atom stereocenters. The number of thiazole rings is 1. The highest BCUT2D eigenvalue weighted by molar-refractivity contribution is 7.91. The van der Waals surface area contributed by atoms with Gasteiger partial charge in [0.05, 0.1) is 17.2 Å². The number of urea groups is 1. The van der Waals surface area contributed by atoms with Crippen molar-refractivity contribution in [2.75, 3.05) is 16.8 Å². The Kier molecular flexibility index (Phi) is 5.10. The molecule has 1 aliphatic rings. The molecule has 2 aromatic rings. The normalized spacial score (nSPS) is 19.1. The summed E-state index contributed by atoms with van der Waals surface area (Å²) in [7, 11) is -3.01. The number of hydrogen-bond donors (Lipinski definition) is 2. The molecule has 0 unspecified atom stereocenters. The number of sulfone groups is 1. The summed E-state index contributed by atoms with van der Waals surface area (Å²) in [6.07, 6.45) is 0.459. The summed E-state index contributed by atoms with van der Waals surface area (Å²) in [5.74, 6) is 0.613. The van der Waals surface area contributed by atoms with Crippen LogP contribution >= 0.6 is 11.3 Å². The van der Waals surface area contributed by atoms with E-state index in [0.29, 0.717) is 17.5 Å². The molecule has 0 spiro atoms. The van der Waals surface area contributed by atoms with E-state index in [0.717, 1.165) is 11.3 Å². The Balaban J connectivity index is 1.60. The quantitative estimate of drug-likeness (QED) is 0.853. The number of hydrogen-bond acceptors (Lipinski definition) is 5. The van der Waals surface area contributed by atoms with Gasteiger partial charge in [0, 0.05) is 17.0 Å². The number of nitrogens with zero attached hydrogens (tertiary/aromatic N) is 1. The van der Waals surface area contributed by atoms with Crippen molar-refractivity contribution in [2.45, 2.75) is 32.2 Å². The van der Waals surface area contributed by atoms with Gasteiger partial charge >= 0.3 is 6.03 Å². The molecule has 3 rings (SSSR count). The summed E-state index contributed by atoms with van der Waals surface area (Å²) in [5.41, 5.74) is 3.07. The summed E-state index contributed by atoms with van der Waals surface area (Å²) in [5, 5.41) is 7.74. The lowest BCUT2D eigenvalue weighted by molar-refractivity contribution is 0.249. The number of benzene rings is 1. The Bertz CT molecular complexity index is 858. The van der Waals surface area contributed by atoms with Crippen molar-refractivity contribution >= 4 is 32.3 Å². The first-order valence-electron chi connectivity index (χ1n) is 8.16. The van der Waals surface area contributed by atoms with E-state index >= 15 is 0 Å². The van der Waals surface area contributed by atoms with Crippen LogP contribution in [0.3, 0.4) is 0 Å². The average Bonchev–Trinajstić information content (AvgIpc) is 3.13. The van der Waals surface area contributed by atoms with E-state index in [9.17, 15) is 13.2 Å². The largest absolute Gasteiger partial charge is 0.334 e. The molecule has 2 amide bonds. The molecule has 1 saturated heterocycles. The maximum atomic E-state index is 12.0. The average molecular weight is 380 g/mol. The van der Waals surface area contributed by atoms with Gasteiger partial charge in [-0.05, 0) is 17.9 Å². The smallest absolute Gasteiger partial charge is 0.321 e. The van der Waals surface area contributed by atoms with Gasteiger partial charge in [-0.3, -0.25) is 5.32 Å². The highest BCUT2D eigenvalue weighted by Gasteiger charge is 2.29. The monoisotopic (exact) mass is 379 g/mol. The Hall–Kier alpha value is -1.93. The molecule has 8 heteroatoms. The number of aromatic nitrogens is 1. The Morgan fingerprint density at radius 3 is 2.60 bits per heavy atom. The maximum Gasteiger partial charge on any atom is 0.321 e. The topological polar surface area (TPSA) is 88.2 Å². The highest BCUT2D eigenvalue weighted by Crippen LogP contribution is 2.26. The van der Waals surface area contributed by atoms with Gasteiger partial charge in [0.1, 0.15) is 0 Å². The van der Waals surface area contributed by atoms with Gasteiger partial charge in [0.15, 0.2) is 15.0 Å². The SMILES string of the molecule is CC(C)c1ccc(-c2csc(NC(=O)N[C@@H]3CCS(=O)(=O)C3)n2)cc1. The third-order valence-electron chi connectivity index (χ3n) is 4.17. The Morgan fingerprint density at radius 2 is 2.00 bits per heavy atom. The van der Waals surface area contributed by atoms with Crippen molar-refractivity contribution in [1.29, 1.82) is 0 Å². The van der Waals surface area contributed by atoms with E-state index in [-0.39, 0.29) is 17.5 Å². The zero-order valence-corrected chi connectivity index (χ0v) is 15.8. The fourth-order valence-corrected chi connectivity index (χ4v) is 5.12. The molecule has 1 fully saturated rings. The molecule has 0 radical (unpaired) electrons. The molecule has 6 nitrogen and oxygen atoms in total. The van der Waals surface area contributed by atoms with E-state index in [1.807, 2.05) is 17.5 Å². The van der Waals surface area contributed by atoms with Gasteiger partial charge in [-0.25, -0.2) is 18.2 Å². The van der Waals surface area contributed by atoms with Crippen LogP contribution in [0.1, 0.15) is 31.7 Å². The van der Waals surface area contributed by atoms with Gasteiger partial charge in [0.25, 0.3) is 0 Å². The van der Waals surface area contributed by atoms with Crippen LogP contribution in [0.4, 0.5) is 9.93 Å². The summed E-state index contributed by atoms with van der Waals surface area (Å²) in [6, 6.07) is 7.47. The van der Waals surface area contributed by atoms with Gasteiger partial charge < -0.3 is 5.32 Å². The van der Waals surface area contributed by atoms with Crippen LogP contribution < -0.4 is 10.6 Å². The molecular weight excluding hydrogens is 358 g/mol. The Morgan fingerprint density at radius 1 is 1.28 bits per heavy atom. The molecule has 1 aromatic carbocycles. The van der Waals surface area contributed by atoms with Crippen LogP contribution in [-0.4, -0.2) is 37.0 Å². The zero-order chi connectivity index (χ0) is 18.0. The second kappa shape index (κ2) is 7.13. The van der Waals surface area contributed by atoms with Crippen molar-refractivity contribution in [3.63, 3.8) is 0 Å². The maximum absolute atomic E-state index is 12.0. The third-order valence-corrected chi connectivity index (χ3v) is 6.69. The van der Waals surface area contributed by atoms with E-state index in [4.69, 9.17) is 0 Å². The lowest BCUT2D eigenvalue weighted by Gasteiger charge is -2.10. The Labute approximate surface area is 151 Å². The number of nitrogens with one attached hydrogen (secondary N) is 2. The molecule has 25 heavy (non-hydrogen) atoms. The number of carbonyl (C=O) groups is 1. The first-order valence-corrected chi connectivity index (χ1v) is 10.9. The predicted molar refractivity (Wildman–Crippen MR) is 101 cm³/mol. The van der Waals surface area contributed by atoms with Crippen LogP contribution in [0.5, 0.6) is 0 Å². The highest BCUT2D eigenvalue weighted by atomic mass is 32.2. The number of rotatable bonds is 4. The van der Waals surface area contributed by atoms with Crippen LogP contribution in [0.2, 0.25) is 0 Å². The molecule has 2 N–H and O–H groups in total. The molecule has 0 bridgehead atoms. The lowest BCUT2D eigenvalue weighted by atomic mass is 10.0. The predicted octanol–water partition coefficient (Wildman–Crippen LogP) is 3.24. The number of anilines is 1. The molecule has 134 valence electrons. The van der Waals surface area contributed by atoms with Crippen LogP contribution in [0.15, 0.2) is 29.6 Å². The third kappa shape index (κ3) is 4.58. The minimum atomic E-state index is -3.01. The van der Waals surface area contributed by atoms with E-state index in [2.05, 4.69) is 41.6 Å². The van der Waals surface area contributed by atoms with Crippen LogP contribution in [0.25, 0.3) is 11.3 Å². The minimum Gasteiger partial charge on any atom is -0.334 e. The van der Waals surface area contributed by atoms with Crippen molar-refractivity contribution in [3.8, 4) is 11.3 Å². The lowest BCUT2D eigenvalue weighted by Crippen LogP contribution is -2.38. The molecule has 1 aliphatic heterocycles. The summed E-state index contributed by atoms with van der Waals surface area (Å²) < 4.78 is 22.8. The van der Waals surface area contributed by atoms with Crippen LogP contribution in [-0.2, 0) is 9.84 Å². The minimum absolute atomic E-state index is 0.00569. The van der Waals surface area contributed by atoms with Gasteiger partial charge in [-0.15, -0.1) is 11.3 Å². The molecule has 0 saturated carbocycles. The molecular formula is C17H21N3O3S2. The second-order valence-corrected chi connectivity index (χ2v) is 9.60. The van der Waals surface area contributed by atoms with Crippen molar-refractivity contribution in [3.05, 3.63) is 35.2 Å². The van der Waals surface area contributed by atoms with Crippen LogP contribution in [0, 0.1) is 0 Å². The van der Waals surface area contributed by atoms with Gasteiger partial charge in [0.2, 0.25) is 0 Å². The number of carbonyl (C=O) groups excluding carboxylic acids is 1. The van der Waals surface area contributed by atoms with Crippen molar-refractivity contribution in [1.82, 2.24) is 10.3 Å². The summed E-state index contributed by atoms with van der Waals surface area (Å²) in [4.78, 5) is 16.4. The fourth-order valence-electron chi connectivity index (χ4n) is 2.73. The van der Waals surface area contributed by atoms with Crippen molar-refractivity contribution < 1.29 is 13.2 Å². The van der Waals surface area contributed by atoms with E-state index in [1.165, 1.54) is 16.9 Å². The van der Waals surface area contributed by atoms with Crippen molar-refractivity contribution in [2.24, 2.45) is 0 Å². The summed E-state index contributed by atoms with van der Waals surface area (Å²) in [6.45, 7) is 4.29. The van der Waals surface area contributed by atoms with Gasteiger partial charge in [-0.1, -0.05) is 38.1 Å². The number of amides is 2. The molecule has 2 heterocycles. The standard InChI is InChI=1S/C17H21N3O3S2/c1-11(2)12-3-5-13(6-4-12)15-9-24-17(19-15)20-16(21)18-14-7-8-25(22,23)10-14/h3-6,9,11,14H,7-8,10H2,1-2H3,(H2,18,19,20,21)/t14-/m1/s1. The second-order valence-electron chi connectivity index (χ2n) is 6.51.